The summed E-state index contributed by atoms with van der Waals surface area (Å²) in [6, 6.07) is 4.57. The summed E-state index contributed by atoms with van der Waals surface area (Å²) in [4.78, 5) is 13.6. The van der Waals surface area contributed by atoms with E-state index in [4.69, 9.17) is 11.6 Å². The highest BCUT2D eigenvalue weighted by Gasteiger charge is 2.32. The molecule has 1 aromatic heterocycles. The number of pyridine rings is 1. The first-order chi connectivity index (χ1) is 12.1. The average Bonchev–Trinajstić information content (AvgIpc) is 2.59. The highest BCUT2D eigenvalue weighted by Crippen LogP contribution is 2.33. The van der Waals surface area contributed by atoms with Crippen molar-refractivity contribution in [3.8, 4) is 0 Å². The number of hydrogen-bond donors (Lipinski definition) is 3. The Bertz CT molecular complexity index is 787. The number of hydrogen-bond acceptors (Lipinski definition) is 6. The van der Waals surface area contributed by atoms with Crippen LogP contribution >= 0.6 is 11.6 Å². The fourth-order valence-electron chi connectivity index (χ4n) is 2.12. The number of nitro benzene ring substituents is 1. The van der Waals surface area contributed by atoms with Crippen molar-refractivity contribution in [2.24, 2.45) is 0 Å². The van der Waals surface area contributed by atoms with E-state index in [0.717, 1.165) is 0 Å². The molecule has 7 nitrogen and oxygen atoms in total. The van der Waals surface area contributed by atoms with E-state index in [1.54, 1.807) is 0 Å². The van der Waals surface area contributed by atoms with Gasteiger partial charge in [-0.15, -0.1) is 0 Å². The van der Waals surface area contributed by atoms with Gasteiger partial charge in [-0.2, -0.15) is 13.2 Å². The summed E-state index contributed by atoms with van der Waals surface area (Å²) >= 11 is 5.78. The van der Waals surface area contributed by atoms with E-state index in [1.165, 1.54) is 24.3 Å². The van der Waals surface area contributed by atoms with Gasteiger partial charge < -0.3 is 15.5 Å². The fourth-order valence-corrected chi connectivity index (χ4v) is 2.35. The normalized spacial score (nSPS) is 13.9. The topological polar surface area (TPSA) is 109 Å². The van der Waals surface area contributed by atoms with E-state index in [2.05, 4.69) is 10.3 Å². The molecule has 0 bridgehead atoms. The Morgan fingerprint density at radius 3 is 2.38 bits per heavy atom. The van der Waals surface area contributed by atoms with Crippen molar-refractivity contribution >= 4 is 23.1 Å². The maximum atomic E-state index is 12.6. The predicted octanol–water partition coefficient (Wildman–Crippen LogP) is 3.17. The molecule has 2 atom stereocenters. The van der Waals surface area contributed by atoms with Gasteiger partial charge in [0, 0.05) is 18.3 Å². The number of aromatic nitrogens is 1. The van der Waals surface area contributed by atoms with Gasteiger partial charge in [-0.1, -0.05) is 11.6 Å². The summed E-state index contributed by atoms with van der Waals surface area (Å²) in [5.74, 6) is -0.153. The Morgan fingerprint density at radius 1 is 1.31 bits per heavy atom. The number of non-ortho nitro benzene ring substituents is 1. The molecule has 3 N–H and O–H groups in total. The number of nitrogens with zero attached hydrogens (tertiary/aromatic N) is 2. The van der Waals surface area contributed by atoms with Gasteiger partial charge in [-0.05, 0) is 23.8 Å². The number of nitrogens with one attached hydrogen (secondary N) is 1. The minimum absolute atomic E-state index is 0.153. The van der Waals surface area contributed by atoms with Gasteiger partial charge in [-0.3, -0.25) is 10.1 Å². The molecule has 0 saturated carbocycles. The van der Waals surface area contributed by atoms with Crippen molar-refractivity contribution in [2.45, 2.75) is 18.3 Å². The molecule has 0 aliphatic rings. The van der Waals surface area contributed by atoms with Gasteiger partial charge >= 0.3 is 6.18 Å². The molecule has 2 aromatic rings. The lowest BCUT2D eigenvalue weighted by atomic mass is 10.0. The lowest BCUT2D eigenvalue weighted by Crippen LogP contribution is -2.31. The molecule has 0 amide bonds. The zero-order valence-corrected chi connectivity index (χ0v) is 13.7. The summed E-state index contributed by atoms with van der Waals surface area (Å²) in [6.45, 7) is -0.600. The second-order valence-electron chi connectivity index (χ2n) is 5.28. The van der Waals surface area contributed by atoms with E-state index < -0.39 is 35.4 Å². The molecule has 11 heteroatoms. The Hall–Kier alpha value is -2.43. The molecule has 0 radical (unpaired) electrons. The van der Waals surface area contributed by atoms with Crippen LogP contribution in [0.25, 0.3) is 0 Å². The summed E-state index contributed by atoms with van der Waals surface area (Å²) < 4.78 is 37.9. The average molecular weight is 392 g/mol. The molecular formula is C15H13ClF3N3O4. The first kappa shape index (κ1) is 19.9. The number of anilines is 1. The number of alkyl halides is 3. The van der Waals surface area contributed by atoms with Crippen LogP contribution in [0.2, 0.25) is 5.02 Å². The lowest BCUT2D eigenvalue weighted by Gasteiger charge is -2.23. The van der Waals surface area contributed by atoms with Gasteiger partial charge in [0.05, 0.1) is 28.2 Å². The maximum absolute atomic E-state index is 12.6. The van der Waals surface area contributed by atoms with Crippen LogP contribution < -0.4 is 5.32 Å². The van der Waals surface area contributed by atoms with E-state index in [-0.39, 0.29) is 22.1 Å². The molecule has 0 spiro atoms. The van der Waals surface area contributed by atoms with E-state index in [1.807, 2.05) is 0 Å². The Labute approximate surface area is 150 Å². The Morgan fingerprint density at radius 2 is 1.92 bits per heavy atom. The van der Waals surface area contributed by atoms with Crippen LogP contribution in [0, 0.1) is 10.1 Å². The zero-order chi connectivity index (χ0) is 19.5. The van der Waals surface area contributed by atoms with Gasteiger partial charge in [0.25, 0.3) is 5.69 Å². The van der Waals surface area contributed by atoms with Crippen LogP contribution in [0.3, 0.4) is 0 Å². The quantitative estimate of drug-likeness (QED) is 0.515. The third-order valence-corrected chi connectivity index (χ3v) is 3.80. The molecule has 0 fully saturated rings. The Balaban J connectivity index is 2.19. The number of aliphatic hydroxyl groups is 2. The summed E-state index contributed by atoms with van der Waals surface area (Å²) in [5.41, 5.74) is -0.961. The molecule has 0 aliphatic carbocycles. The van der Waals surface area contributed by atoms with Gasteiger partial charge in [0.15, 0.2) is 0 Å². The minimum atomic E-state index is -4.61. The van der Waals surface area contributed by atoms with Crippen LogP contribution in [0.4, 0.5) is 24.7 Å². The second-order valence-corrected chi connectivity index (χ2v) is 5.69. The van der Waals surface area contributed by atoms with Crippen molar-refractivity contribution < 1.29 is 28.3 Å². The Kier molecular flexibility index (Phi) is 6.01. The zero-order valence-electron chi connectivity index (χ0n) is 12.9. The van der Waals surface area contributed by atoms with Crippen LogP contribution in [-0.2, 0) is 6.18 Å². The summed E-state index contributed by atoms with van der Waals surface area (Å²) in [6.07, 6.45) is -5.36. The summed E-state index contributed by atoms with van der Waals surface area (Å²) in [7, 11) is 0. The van der Waals surface area contributed by atoms with Crippen molar-refractivity contribution in [2.75, 3.05) is 11.9 Å². The third-order valence-electron chi connectivity index (χ3n) is 3.51. The second kappa shape index (κ2) is 7.85. The molecular weight excluding hydrogens is 379 g/mol. The van der Waals surface area contributed by atoms with Crippen molar-refractivity contribution in [1.29, 1.82) is 0 Å². The molecule has 0 saturated heterocycles. The first-order valence-electron chi connectivity index (χ1n) is 7.16. The smallest absolute Gasteiger partial charge is 0.394 e. The first-order valence-corrected chi connectivity index (χ1v) is 7.54. The van der Waals surface area contributed by atoms with Gasteiger partial charge in [0.2, 0.25) is 0 Å². The highest BCUT2D eigenvalue weighted by molar-refractivity contribution is 6.33. The molecule has 0 unspecified atom stereocenters. The predicted molar refractivity (Wildman–Crippen MR) is 86.8 cm³/mol. The van der Waals surface area contributed by atoms with E-state index >= 15 is 0 Å². The van der Waals surface area contributed by atoms with Crippen molar-refractivity contribution in [3.63, 3.8) is 0 Å². The van der Waals surface area contributed by atoms with Crippen LogP contribution in [-0.4, -0.2) is 32.8 Å². The van der Waals surface area contributed by atoms with Gasteiger partial charge in [-0.25, -0.2) is 4.98 Å². The number of benzene rings is 1. The molecule has 140 valence electrons. The number of halogens is 4. The monoisotopic (exact) mass is 391 g/mol. The van der Waals surface area contributed by atoms with Crippen molar-refractivity contribution in [3.05, 3.63) is 62.8 Å². The standard InChI is InChI=1S/C15H13ClF3N3O4/c16-11-5-9(15(17,18)19)6-20-14(11)21-12(7-23)13(24)8-1-3-10(4-2-8)22(25)26/h1-6,12-13,23-24H,7H2,(H,20,21)/t12-,13-/m0/s1. The van der Waals surface area contributed by atoms with Gasteiger partial charge in [0.1, 0.15) is 11.9 Å². The SMILES string of the molecule is O=[N+]([O-])c1ccc([C@H](O)[C@H](CO)Nc2ncc(C(F)(F)F)cc2Cl)cc1. The van der Waals surface area contributed by atoms with Crippen molar-refractivity contribution in [1.82, 2.24) is 4.98 Å². The molecule has 26 heavy (non-hydrogen) atoms. The summed E-state index contributed by atoms with van der Waals surface area (Å²) in [5, 5.41) is 32.6. The number of aliphatic hydroxyl groups excluding tert-OH is 2. The molecule has 1 heterocycles. The van der Waals surface area contributed by atoms with Crippen LogP contribution in [0.1, 0.15) is 17.2 Å². The molecule has 2 rings (SSSR count). The molecule has 1 aromatic carbocycles. The minimum Gasteiger partial charge on any atom is -0.394 e. The highest BCUT2D eigenvalue weighted by atomic mass is 35.5. The van der Waals surface area contributed by atoms with E-state index in [0.29, 0.717) is 12.3 Å². The lowest BCUT2D eigenvalue weighted by molar-refractivity contribution is -0.384. The van der Waals surface area contributed by atoms with Crippen LogP contribution in [0.5, 0.6) is 0 Å². The fraction of sp³-hybridized carbons (Fsp3) is 0.267. The maximum Gasteiger partial charge on any atom is 0.417 e. The number of rotatable bonds is 6. The van der Waals surface area contributed by atoms with Crippen LogP contribution in [0.15, 0.2) is 36.5 Å². The third kappa shape index (κ3) is 4.59. The van der Waals surface area contributed by atoms with E-state index in [9.17, 15) is 33.5 Å². The number of nitro groups is 1. The largest absolute Gasteiger partial charge is 0.417 e. The molecule has 0 aliphatic heterocycles.